The molecular weight excluding hydrogens is 270 g/mol. The molecule has 1 aromatic carbocycles. The summed E-state index contributed by atoms with van der Waals surface area (Å²) < 4.78 is 11.5. The Morgan fingerprint density at radius 2 is 1.81 bits per heavy atom. The predicted octanol–water partition coefficient (Wildman–Crippen LogP) is 2.88. The molecule has 0 heterocycles. The van der Waals surface area contributed by atoms with Crippen molar-refractivity contribution in [1.29, 1.82) is 0 Å². The third kappa shape index (κ3) is 2.18. The minimum absolute atomic E-state index is 0.0918. The summed E-state index contributed by atoms with van der Waals surface area (Å²) in [5.41, 5.74) is 7.29. The molecule has 0 bridgehead atoms. The first-order chi connectivity index (χ1) is 7.67. The lowest BCUT2D eigenvalue weighted by atomic mass is 10.0. The molecule has 4 heteroatoms. The summed E-state index contributed by atoms with van der Waals surface area (Å²) in [6.45, 7) is 0. The van der Waals surface area contributed by atoms with Crippen LogP contribution in [0.1, 0.15) is 24.4 Å². The summed E-state index contributed by atoms with van der Waals surface area (Å²) in [6, 6.07) is 3.97. The molecule has 1 aromatic rings. The second-order valence-electron chi connectivity index (χ2n) is 4.09. The first-order valence-electron chi connectivity index (χ1n) is 5.34. The van der Waals surface area contributed by atoms with E-state index in [2.05, 4.69) is 15.9 Å². The lowest BCUT2D eigenvalue weighted by molar-refractivity contribution is 0.353. The minimum atomic E-state index is 0.0918. The van der Waals surface area contributed by atoms with Gasteiger partial charge in [-0.05, 0) is 36.5 Å². The highest BCUT2D eigenvalue weighted by Crippen LogP contribution is 2.44. The van der Waals surface area contributed by atoms with Crippen LogP contribution >= 0.6 is 15.9 Å². The predicted molar refractivity (Wildman–Crippen MR) is 66.9 cm³/mol. The second kappa shape index (κ2) is 4.63. The van der Waals surface area contributed by atoms with Crippen LogP contribution in [0.5, 0.6) is 11.5 Å². The van der Waals surface area contributed by atoms with Crippen molar-refractivity contribution in [2.75, 3.05) is 14.2 Å². The van der Waals surface area contributed by atoms with Gasteiger partial charge in [-0.1, -0.05) is 15.9 Å². The summed E-state index contributed by atoms with van der Waals surface area (Å²) in [5.74, 6) is 2.08. The fourth-order valence-electron chi connectivity index (χ4n) is 1.83. The van der Waals surface area contributed by atoms with Gasteiger partial charge in [-0.2, -0.15) is 0 Å². The van der Waals surface area contributed by atoms with Crippen molar-refractivity contribution in [2.45, 2.75) is 18.9 Å². The fourth-order valence-corrected chi connectivity index (χ4v) is 2.42. The summed E-state index contributed by atoms with van der Waals surface area (Å²) in [7, 11) is 3.27. The largest absolute Gasteiger partial charge is 0.493 e. The van der Waals surface area contributed by atoms with Gasteiger partial charge in [0.15, 0.2) is 11.5 Å². The van der Waals surface area contributed by atoms with Crippen LogP contribution in [0.25, 0.3) is 0 Å². The molecule has 0 spiro atoms. The van der Waals surface area contributed by atoms with Gasteiger partial charge in [-0.25, -0.2) is 0 Å². The Bertz CT molecular complexity index is 391. The van der Waals surface area contributed by atoms with E-state index < -0.39 is 0 Å². The molecule has 1 fully saturated rings. The van der Waals surface area contributed by atoms with Crippen LogP contribution in [0.2, 0.25) is 0 Å². The first kappa shape index (κ1) is 11.7. The molecule has 3 nitrogen and oxygen atoms in total. The quantitative estimate of drug-likeness (QED) is 0.925. The van der Waals surface area contributed by atoms with E-state index in [9.17, 15) is 0 Å². The average Bonchev–Trinajstić information content (AvgIpc) is 3.11. The number of rotatable bonds is 4. The molecule has 0 amide bonds. The SMILES string of the molecule is COc1cc(Br)c([C@H](N)C2CC2)cc1OC. The van der Waals surface area contributed by atoms with Crippen LogP contribution in [0.3, 0.4) is 0 Å². The topological polar surface area (TPSA) is 44.5 Å². The Labute approximate surface area is 104 Å². The molecule has 2 N–H and O–H groups in total. The Balaban J connectivity index is 2.37. The molecule has 0 radical (unpaired) electrons. The van der Waals surface area contributed by atoms with Gasteiger partial charge >= 0.3 is 0 Å². The maximum atomic E-state index is 6.19. The fraction of sp³-hybridized carbons (Fsp3) is 0.500. The van der Waals surface area contributed by atoms with Crippen LogP contribution in [0.15, 0.2) is 16.6 Å². The van der Waals surface area contributed by atoms with E-state index in [0.717, 1.165) is 21.5 Å². The van der Waals surface area contributed by atoms with Crippen LogP contribution in [-0.2, 0) is 0 Å². The van der Waals surface area contributed by atoms with E-state index in [1.165, 1.54) is 12.8 Å². The van der Waals surface area contributed by atoms with Gasteiger partial charge in [0.25, 0.3) is 0 Å². The van der Waals surface area contributed by atoms with Gasteiger partial charge < -0.3 is 15.2 Å². The monoisotopic (exact) mass is 285 g/mol. The van der Waals surface area contributed by atoms with Crippen molar-refractivity contribution in [3.63, 3.8) is 0 Å². The highest BCUT2D eigenvalue weighted by Gasteiger charge is 2.31. The summed E-state index contributed by atoms with van der Waals surface area (Å²) >= 11 is 3.53. The van der Waals surface area contributed by atoms with Crippen molar-refractivity contribution < 1.29 is 9.47 Å². The lowest BCUT2D eigenvalue weighted by Gasteiger charge is -2.16. The third-order valence-electron chi connectivity index (χ3n) is 2.99. The van der Waals surface area contributed by atoms with Gasteiger partial charge in [0, 0.05) is 10.5 Å². The van der Waals surface area contributed by atoms with Gasteiger partial charge in [0.2, 0.25) is 0 Å². The van der Waals surface area contributed by atoms with Gasteiger partial charge in [-0.3, -0.25) is 0 Å². The zero-order chi connectivity index (χ0) is 11.7. The maximum Gasteiger partial charge on any atom is 0.161 e. The molecular formula is C12H16BrNO2. The number of hydrogen-bond donors (Lipinski definition) is 1. The van der Waals surface area contributed by atoms with Crippen LogP contribution in [0.4, 0.5) is 0 Å². The maximum absolute atomic E-state index is 6.19. The molecule has 1 saturated carbocycles. The van der Waals surface area contributed by atoms with Gasteiger partial charge in [-0.15, -0.1) is 0 Å². The van der Waals surface area contributed by atoms with E-state index in [-0.39, 0.29) is 6.04 Å². The van der Waals surface area contributed by atoms with Crippen LogP contribution < -0.4 is 15.2 Å². The van der Waals surface area contributed by atoms with E-state index in [0.29, 0.717) is 5.92 Å². The van der Waals surface area contributed by atoms with Crippen molar-refractivity contribution in [2.24, 2.45) is 11.7 Å². The number of benzene rings is 1. The van der Waals surface area contributed by atoms with Crippen molar-refractivity contribution in [3.8, 4) is 11.5 Å². The molecule has 1 aliphatic rings. The van der Waals surface area contributed by atoms with E-state index in [4.69, 9.17) is 15.2 Å². The Hall–Kier alpha value is -0.740. The van der Waals surface area contributed by atoms with Crippen molar-refractivity contribution >= 4 is 15.9 Å². The van der Waals surface area contributed by atoms with E-state index in [1.54, 1.807) is 14.2 Å². The van der Waals surface area contributed by atoms with Crippen LogP contribution in [0, 0.1) is 5.92 Å². The summed E-state index contributed by atoms with van der Waals surface area (Å²) in [5, 5.41) is 0. The molecule has 1 atom stereocenters. The normalized spacial score (nSPS) is 17.0. The van der Waals surface area contributed by atoms with Gasteiger partial charge in [0.1, 0.15) is 0 Å². The molecule has 16 heavy (non-hydrogen) atoms. The van der Waals surface area contributed by atoms with Crippen molar-refractivity contribution in [1.82, 2.24) is 0 Å². The zero-order valence-corrected chi connectivity index (χ0v) is 11.1. The number of methoxy groups -OCH3 is 2. The van der Waals surface area contributed by atoms with Crippen LogP contribution in [-0.4, -0.2) is 14.2 Å². The van der Waals surface area contributed by atoms with Gasteiger partial charge in [0.05, 0.1) is 14.2 Å². The standard InChI is InChI=1S/C12H16BrNO2/c1-15-10-5-8(12(14)7-3-4-7)9(13)6-11(10)16-2/h5-7,12H,3-4,14H2,1-2H3/t12-/m1/s1. The highest BCUT2D eigenvalue weighted by atomic mass is 79.9. The molecule has 0 aromatic heterocycles. The molecule has 1 aliphatic carbocycles. The highest BCUT2D eigenvalue weighted by molar-refractivity contribution is 9.10. The molecule has 0 aliphatic heterocycles. The first-order valence-corrected chi connectivity index (χ1v) is 6.13. The smallest absolute Gasteiger partial charge is 0.161 e. The minimum Gasteiger partial charge on any atom is -0.493 e. The van der Waals surface area contributed by atoms with E-state index >= 15 is 0 Å². The molecule has 2 rings (SSSR count). The number of halogens is 1. The molecule has 88 valence electrons. The summed E-state index contributed by atoms with van der Waals surface area (Å²) in [6.07, 6.45) is 2.45. The third-order valence-corrected chi connectivity index (χ3v) is 3.68. The van der Waals surface area contributed by atoms with E-state index in [1.807, 2.05) is 12.1 Å². The summed E-state index contributed by atoms with van der Waals surface area (Å²) in [4.78, 5) is 0. The number of hydrogen-bond acceptors (Lipinski definition) is 3. The average molecular weight is 286 g/mol. The second-order valence-corrected chi connectivity index (χ2v) is 4.95. The molecule has 0 saturated heterocycles. The molecule has 0 unspecified atom stereocenters. The Morgan fingerprint density at radius 1 is 1.25 bits per heavy atom. The number of nitrogens with two attached hydrogens (primary N) is 1. The lowest BCUT2D eigenvalue weighted by Crippen LogP contribution is -2.13. The Kier molecular flexibility index (Phi) is 3.40. The zero-order valence-electron chi connectivity index (χ0n) is 9.50. The number of ether oxygens (including phenoxy) is 2. The Morgan fingerprint density at radius 3 is 2.31 bits per heavy atom. The van der Waals surface area contributed by atoms with Crippen molar-refractivity contribution in [3.05, 3.63) is 22.2 Å².